The molecule has 0 fully saturated rings. The Morgan fingerprint density at radius 1 is 1.20 bits per heavy atom. The van der Waals surface area contributed by atoms with Crippen LogP contribution < -0.4 is 11.2 Å². The van der Waals surface area contributed by atoms with Gasteiger partial charge in [0.1, 0.15) is 5.71 Å². The first-order valence-electron chi connectivity index (χ1n) is 6.40. The summed E-state index contributed by atoms with van der Waals surface area (Å²) in [5, 5.41) is 12.5. The van der Waals surface area contributed by atoms with Crippen LogP contribution >= 0.6 is 0 Å². The van der Waals surface area contributed by atoms with Gasteiger partial charge in [-0.2, -0.15) is 5.10 Å². The van der Waals surface area contributed by atoms with Gasteiger partial charge >= 0.3 is 5.97 Å². The Morgan fingerprint density at radius 3 is 2.35 bits per heavy atom. The molecule has 20 heavy (non-hydrogen) atoms. The highest BCUT2D eigenvalue weighted by atomic mass is 16.4. The molecule has 1 aromatic rings. The number of carbonyl (C=O) groups is 2. The molecule has 1 rings (SSSR count). The maximum Gasteiger partial charge on any atom is 0.303 e. The molecule has 0 aliphatic rings. The number of carboxylic acid groups (broad SMARTS) is 1. The van der Waals surface area contributed by atoms with E-state index >= 15 is 0 Å². The first kappa shape index (κ1) is 15.7. The summed E-state index contributed by atoms with van der Waals surface area (Å²) in [7, 11) is 0. The Morgan fingerprint density at radius 2 is 1.80 bits per heavy atom. The third-order valence-corrected chi connectivity index (χ3v) is 2.71. The van der Waals surface area contributed by atoms with E-state index in [1.54, 1.807) is 0 Å². The Hall–Kier alpha value is -2.37. The second-order valence-electron chi connectivity index (χ2n) is 4.50. The summed E-state index contributed by atoms with van der Waals surface area (Å²) in [6.45, 7) is 1.98. The minimum Gasteiger partial charge on any atom is -0.481 e. The van der Waals surface area contributed by atoms with Crippen LogP contribution in [0.4, 0.5) is 5.69 Å². The van der Waals surface area contributed by atoms with Gasteiger partial charge in [-0.25, -0.2) is 0 Å². The Labute approximate surface area is 117 Å². The van der Waals surface area contributed by atoms with E-state index in [-0.39, 0.29) is 12.1 Å². The molecule has 1 aromatic carbocycles. The van der Waals surface area contributed by atoms with Crippen molar-refractivity contribution in [1.29, 1.82) is 0 Å². The molecular weight excluding hydrogens is 258 g/mol. The number of anilines is 1. The maximum absolute atomic E-state index is 11.2. The van der Waals surface area contributed by atoms with Crippen LogP contribution in [0.3, 0.4) is 0 Å². The van der Waals surface area contributed by atoms with Crippen molar-refractivity contribution in [2.45, 2.75) is 32.6 Å². The number of nitrogens with two attached hydrogens (primary N) is 1. The van der Waals surface area contributed by atoms with Gasteiger partial charge in [-0.1, -0.05) is 17.7 Å². The number of aryl methyl sites for hydroxylation is 1. The molecule has 0 aliphatic carbocycles. The van der Waals surface area contributed by atoms with E-state index in [9.17, 15) is 9.59 Å². The van der Waals surface area contributed by atoms with Gasteiger partial charge in [-0.3, -0.25) is 15.0 Å². The number of amides is 1. The lowest BCUT2D eigenvalue weighted by Crippen LogP contribution is -2.24. The summed E-state index contributed by atoms with van der Waals surface area (Å²) < 4.78 is 0. The third-order valence-electron chi connectivity index (χ3n) is 2.71. The highest BCUT2D eigenvalue weighted by molar-refractivity contribution is 6.38. The van der Waals surface area contributed by atoms with Gasteiger partial charge < -0.3 is 10.8 Å². The molecule has 0 saturated heterocycles. The number of primary amides is 1. The number of hydrogen-bond acceptors (Lipinski definition) is 4. The number of hydrogen-bond donors (Lipinski definition) is 3. The van der Waals surface area contributed by atoms with Gasteiger partial charge in [0, 0.05) is 6.42 Å². The number of unbranched alkanes of at least 4 members (excludes halogenated alkanes) is 1. The molecule has 0 aromatic heterocycles. The van der Waals surface area contributed by atoms with E-state index < -0.39 is 11.9 Å². The monoisotopic (exact) mass is 277 g/mol. The van der Waals surface area contributed by atoms with Crippen molar-refractivity contribution in [3.8, 4) is 0 Å². The zero-order valence-electron chi connectivity index (χ0n) is 11.4. The van der Waals surface area contributed by atoms with Crippen LogP contribution in [0.15, 0.2) is 29.4 Å². The number of rotatable bonds is 8. The van der Waals surface area contributed by atoms with Crippen LogP contribution in [0, 0.1) is 6.92 Å². The molecule has 4 N–H and O–H groups in total. The molecule has 0 saturated carbocycles. The van der Waals surface area contributed by atoms with Crippen LogP contribution in [-0.2, 0) is 9.59 Å². The van der Waals surface area contributed by atoms with Crippen LogP contribution in [0.25, 0.3) is 0 Å². The van der Waals surface area contributed by atoms with Crippen molar-refractivity contribution in [3.05, 3.63) is 29.8 Å². The number of hydrazone groups is 1. The molecule has 1 amide bonds. The molecule has 0 radical (unpaired) electrons. The molecule has 0 unspecified atom stereocenters. The van der Waals surface area contributed by atoms with Gasteiger partial charge in [0.05, 0.1) is 5.69 Å². The molecule has 6 heteroatoms. The first-order valence-corrected chi connectivity index (χ1v) is 6.40. The van der Waals surface area contributed by atoms with Crippen molar-refractivity contribution in [2.75, 3.05) is 5.43 Å². The van der Waals surface area contributed by atoms with Crippen molar-refractivity contribution in [1.82, 2.24) is 0 Å². The van der Waals surface area contributed by atoms with Crippen LogP contribution in [-0.4, -0.2) is 22.7 Å². The third kappa shape index (κ3) is 5.99. The Kier molecular flexibility index (Phi) is 6.22. The van der Waals surface area contributed by atoms with Crippen molar-refractivity contribution < 1.29 is 14.7 Å². The summed E-state index contributed by atoms with van der Waals surface area (Å²) >= 11 is 0. The highest BCUT2D eigenvalue weighted by Gasteiger charge is 2.07. The van der Waals surface area contributed by atoms with E-state index in [0.29, 0.717) is 19.3 Å². The quantitative estimate of drug-likeness (QED) is 0.383. The maximum atomic E-state index is 11.2. The summed E-state index contributed by atoms with van der Waals surface area (Å²) in [6.07, 6.45) is 1.49. The fourth-order valence-electron chi connectivity index (χ4n) is 1.56. The van der Waals surface area contributed by atoms with E-state index in [4.69, 9.17) is 10.8 Å². The summed E-state index contributed by atoms with van der Waals surface area (Å²) in [4.78, 5) is 21.6. The van der Waals surface area contributed by atoms with E-state index in [1.807, 2.05) is 31.2 Å². The summed E-state index contributed by atoms with van der Waals surface area (Å²) in [6, 6.07) is 7.55. The van der Waals surface area contributed by atoms with Crippen molar-refractivity contribution >= 4 is 23.3 Å². The number of carboxylic acids is 1. The fourth-order valence-corrected chi connectivity index (χ4v) is 1.56. The summed E-state index contributed by atoms with van der Waals surface area (Å²) in [5.41, 5.74) is 10.1. The van der Waals surface area contributed by atoms with Gasteiger partial charge in [0.15, 0.2) is 0 Å². The van der Waals surface area contributed by atoms with E-state index in [1.165, 1.54) is 0 Å². The normalized spacial score (nSPS) is 11.2. The predicted molar refractivity (Wildman–Crippen MR) is 77.5 cm³/mol. The lowest BCUT2D eigenvalue weighted by molar-refractivity contribution is -0.137. The zero-order chi connectivity index (χ0) is 15.0. The fraction of sp³-hybridized carbons (Fsp3) is 0.357. The average Bonchev–Trinajstić information content (AvgIpc) is 2.39. The summed E-state index contributed by atoms with van der Waals surface area (Å²) in [5.74, 6) is -1.44. The minimum absolute atomic E-state index is 0.0808. The number of aliphatic carboxylic acids is 1. The minimum atomic E-state index is -0.847. The second kappa shape index (κ2) is 7.93. The van der Waals surface area contributed by atoms with E-state index in [2.05, 4.69) is 10.5 Å². The smallest absolute Gasteiger partial charge is 0.303 e. The lowest BCUT2D eigenvalue weighted by Gasteiger charge is -2.04. The lowest BCUT2D eigenvalue weighted by atomic mass is 10.1. The van der Waals surface area contributed by atoms with Crippen LogP contribution in [0.2, 0.25) is 0 Å². The SMILES string of the molecule is Cc1ccc(N/N=C(\CCCCC(=O)O)C(N)=O)cc1. The molecule has 108 valence electrons. The van der Waals surface area contributed by atoms with Gasteiger partial charge in [0.2, 0.25) is 0 Å². The van der Waals surface area contributed by atoms with Gasteiger partial charge in [-0.15, -0.1) is 0 Å². The molecule has 0 bridgehead atoms. The standard InChI is InChI=1S/C14H19N3O3/c1-10-6-8-11(9-7-10)16-17-12(14(15)20)4-2-3-5-13(18)19/h6-9,16H,2-5H2,1H3,(H2,15,20)(H,18,19)/b17-12+. The largest absolute Gasteiger partial charge is 0.481 e. The van der Waals surface area contributed by atoms with Crippen molar-refractivity contribution in [2.24, 2.45) is 10.8 Å². The molecule has 0 heterocycles. The van der Waals surface area contributed by atoms with Crippen LogP contribution in [0.5, 0.6) is 0 Å². The number of nitrogens with zero attached hydrogens (tertiary/aromatic N) is 1. The Bertz CT molecular complexity index is 495. The molecule has 0 spiro atoms. The van der Waals surface area contributed by atoms with Crippen LogP contribution in [0.1, 0.15) is 31.2 Å². The number of nitrogens with one attached hydrogen (secondary N) is 1. The molecule has 0 aliphatic heterocycles. The van der Waals surface area contributed by atoms with E-state index in [0.717, 1.165) is 11.3 Å². The van der Waals surface area contributed by atoms with Crippen molar-refractivity contribution in [3.63, 3.8) is 0 Å². The highest BCUT2D eigenvalue weighted by Crippen LogP contribution is 2.09. The molecule has 0 atom stereocenters. The number of benzene rings is 1. The van der Waals surface area contributed by atoms with Gasteiger partial charge in [-0.05, 0) is 38.3 Å². The predicted octanol–water partition coefficient (Wildman–Crippen LogP) is 1.89. The Balaban J connectivity index is 2.52. The zero-order valence-corrected chi connectivity index (χ0v) is 11.4. The second-order valence-corrected chi connectivity index (χ2v) is 4.50. The average molecular weight is 277 g/mol. The molecule has 6 nitrogen and oxygen atoms in total. The first-order chi connectivity index (χ1) is 9.49. The topological polar surface area (TPSA) is 105 Å². The number of carbonyl (C=O) groups excluding carboxylic acids is 1. The van der Waals surface area contributed by atoms with Gasteiger partial charge in [0.25, 0.3) is 5.91 Å². The molecular formula is C14H19N3O3.